The molecule has 0 heterocycles. The van der Waals surface area contributed by atoms with Gasteiger partial charge in [-0.3, -0.25) is 0 Å². The Labute approximate surface area is 124 Å². The highest BCUT2D eigenvalue weighted by Gasteiger charge is 2.00. The molecule has 2 aromatic rings. The first-order chi connectivity index (χ1) is 10.2. The first-order valence-electron chi connectivity index (χ1n) is 6.87. The summed E-state index contributed by atoms with van der Waals surface area (Å²) >= 11 is 0. The molecule has 0 aromatic heterocycles. The van der Waals surface area contributed by atoms with E-state index in [1.54, 1.807) is 12.1 Å². The first-order valence-corrected chi connectivity index (χ1v) is 6.87. The average molecular weight is 282 g/mol. The third kappa shape index (κ3) is 4.80. The van der Waals surface area contributed by atoms with Gasteiger partial charge in [-0.25, -0.2) is 4.79 Å². The Hall–Kier alpha value is -2.55. The summed E-state index contributed by atoms with van der Waals surface area (Å²) in [5.41, 5.74) is 1.97. The fourth-order valence-corrected chi connectivity index (χ4v) is 1.84. The second-order valence-corrected chi connectivity index (χ2v) is 4.57. The van der Waals surface area contributed by atoms with Gasteiger partial charge in [0.25, 0.3) is 0 Å². The van der Waals surface area contributed by atoms with E-state index in [0.29, 0.717) is 12.4 Å². The highest BCUT2D eigenvalue weighted by atomic mass is 16.5. The third-order valence-corrected chi connectivity index (χ3v) is 2.81. The molecule has 0 radical (unpaired) electrons. The van der Waals surface area contributed by atoms with Crippen LogP contribution in [0.1, 0.15) is 18.1 Å². The first kappa shape index (κ1) is 14.9. The molecule has 0 aliphatic carbocycles. The lowest BCUT2D eigenvalue weighted by Crippen LogP contribution is -2.03. The van der Waals surface area contributed by atoms with Crippen molar-refractivity contribution in [1.82, 2.24) is 0 Å². The van der Waals surface area contributed by atoms with Gasteiger partial charge in [-0.05, 0) is 55.3 Å². The molecule has 0 unspecified atom stereocenters. The Kier molecular flexibility index (Phi) is 5.16. The molecule has 0 atom stereocenters. The van der Waals surface area contributed by atoms with Crippen LogP contribution in [0, 0.1) is 6.92 Å². The van der Waals surface area contributed by atoms with Crippen molar-refractivity contribution in [1.29, 1.82) is 0 Å². The molecule has 0 saturated heterocycles. The van der Waals surface area contributed by atoms with Gasteiger partial charge >= 0.3 is 5.97 Å². The van der Waals surface area contributed by atoms with E-state index in [0.717, 1.165) is 16.9 Å². The van der Waals surface area contributed by atoms with Crippen LogP contribution in [-0.2, 0) is 4.79 Å². The van der Waals surface area contributed by atoms with E-state index < -0.39 is 5.97 Å². The van der Waals surface area contributed by atoms with Gasteiger partial charge in [0, 0.05) is 6.08 Å². The molecule has 2 rings (SSSR count). The second-order valence-electron chi connectivity index (χ2n) is 4.57. The summed E-state index contributed by atoms with van der Waals surface area (Å²) in [5, 5.41) is 0. The minimum Gasteiger partial charge on any atom is -0.494 e. The fourth-order valence-electron chi connectivity index (χ4n) is 1.84. The fraction of sp³-hybridized carbons (Fsp3) is 0.167. The number of benzene rings is 2. The molecule has 0 N–H and O–H groups in total. The maximum absolute atomic E-state index is 11.7. The molecular formula is C18H18O3. The van der Waals surface area contributed by atoms with Crippen LogP contribution < -0.4 is 9.47 Å². The quantitative estimate of drug-likeness (QED) is 0.472. The SMILES string of the molecule is CCOc1ccc(/C=C/C(=O)Oc2cccc(C)c2)cc1. The van der Waals surface area contributed by atoms with Crippen molar-refractivity contribution in [3.8, 4) is 11.5 Å². The molecule has 2 aromatic carbocycles. The van der Waals surface area contributed by atoms with E-state index in [9.17, 15) is 4.79 Å². The van der Waals surface area contributed by atoms with Gasteiger partial charge in [-0.1, -0.05) is 24.3 Å². The Morgan fingerprint density at radius 1 is 1.10 bits per heavy atom. The monoisotopic (exact) mass is 282 g/mol. The summed E-state index contributed by atoms with van der Waals surface area (Å²) in [4.78, 5) is 11.7. The number of carbonyl (C=O) groups is 1. The molecular weight excluding hydrogens is 264 g/mol. The number of esters is 1. The highest BCUT2D eigenvalue weighted by Crippen LogP contribution is 2.14. The summed E-state index contributed by atoms with van der Waals surface area (Å²) in [5.74, 6) is 0.975. The molecule has 0 amide bonds. The zero-order valence-electron chi connectivity index (χ0n) is 12.2. The van der Waals surface area contributed by atoms with Crippen LogP contribution in [0.25, 0.3) is 6.08 Å². The highest BCUT2D eigenvalue weighted by molar-refractivity contribution is 5.88. The zero-order chi connectivity index (χ0) is 15.1. The van der Waals surface area contributed by atoms with Gasteiger partial charge in [0.1, 0.15) is 11.5 Å². The average Bonchev–Trinajstić information content (AvgIpc) is 2.47. The molecule has 0 spiro atoms. The van der Waals surface area contributed by atoms with Crippen molar-refractivity contribution in [3.05, 3.63) is 65.7 Å². The van der Waals surface area contributed by atoms with Crippen molar-refractivity contribution in [2.45, 2.75) is 13.8 Å². The van der Waals surface area contributed by atoms with Gasteiger partial charge < -0.3 is 9.47 Å². The normalized spacial score (nSPS) is 10.6. The predicted molar refractivity (Wildman–Crippen MR) is 83.5 cm³/mol. The van der Waals surface area contributed by atoms with Crippen molar-refractivity contribution < 1.29 is 14.3 Å². The molecule has 3 nitrogen and oxygen atoms in total. The molecule has 3 heteroatoms. The summed E-state index contributed by atoms with van der Waals surface area (Å²) in [6, 6.07) is 14.9. The van der Waals surface area contributed by atoms with E-state index in [4.69, 9.17) is 9.47 Å². The lowest BCUT2D eigenvalue weighted by Gasteiger charge is -2.03. The van der Waals surface area contributed by atoms with Crippen LogP contribution in [0.2, 0.25) is 0 Å². The van der Waals surface area contributed by atoms with Gasteiger partial charge in [-0.2, -0.15) is 0 Å². The van der Waals surface area contributed by atoms with E-state index >= 15 is 0 Å². The largest absolute Gasteiger partial charge is 0.494 e. The van der Waals surface area contributed by atoms with Crippen molar-refractivity contribution in [2.75, 3.05) is 6.61 Å². The number of rotatable bonds is 5. The molecule has 0 fully saturated rings. The topological polar surface area (TPSA) is 35.5 Å². The van der Waals surface area contributed by atoms with Gasteiger partial charge in [0.05, 0.1) is 6.61 Å². The van der Waals surface area contributed by atoms with Crippen molar-refractivity contribution in [2.24, 2.45) is 0 Å². The van der Waals surface area contributed by atoms with Gasteiger partial charge in [0.2, 0.25) is 0 Å². The lowest BCUT2D eigenvalue weighted by atomic mass is 10.2. The number of hydrogen-bond donors (Lipinski definition) is 0. The van der Waals surface area contributed by atoms with E-state index in [2.05, 4.69) is 0 Å². The standard InChI is InChI=1S/C18H18O3/c1-3-20-16-10-7-15(8-11-16)9-12-18(19)21-17-6-4-5-14(2)13-17/h4-13H,3H2,1-2H3/b12-9+. The Bertz CT molecular complexity index is 627. The maximum atomic E-state index is 11.7. The maximum Gasteiger partial charge on any atom is 0.336 e. The molecule has 108 valence electrons. The van der Waals surface area contributed by atoms with Gasteiger partial charge in [-0.15, -0.1) is 0 Å². The van der Waals surface area contributed by atoms with E-state index in [1.165, 1.54) is 6.08 Å². The van der Waals surface area contributed by atoms with Crippen molar-refractivity contribution in [3.63, 3.8) is 0 Å². The number of ether oxygens (including phenoxy) is 2. The number of aryl methyl sites for hydroxylation is 1. The van der Waals surface area contributed by atoms with Crippen LogP contribution in [0.4, 0.5) is 0 Å². The van der Waals surface area contributed by atoms with E-state index in [1.807, 2.05) is 56.3 Å². The zero-order valence-corrected chi connectivity index (χ0v) is 12.2. The summed E-state index contributed by atoms with van der Waals surface area (Å²) in [6.45, 7) is 4.53. The van der Waals surface area contributed by atoms with Crippen LogP contribution in [0.3, 0.4) is 0 Å². The van der Waals surface area contributed by atoms with Crippen LogP contribution >= 0.6 is 0 Å². The number of hydrogen-bond acceptors (Lipinski definition) is 3. The third-order valence-electron chi connectivity index (χ3n) is 2.81. The van der Waals surface area contributed by atoms with Crippen LogP contribution in [0.15, 0.2) is 54.6 Å². The predicted octanol–water partition coefficient (Wildman–Crippen LogP) is 4.01. The Morgan fingerprint density at radius 2 is 1.86 bits per heavy atom. The minimum absolute atomic E-state index is 0.394. The summed E-state index contributed by atoms with van der Waals surface area (Å²) in [6.07, 6.45) is 3.13. The minimum atomic E-state index is -0.394. The van der Waals surface area contributed by atoms with Crippen molar-refractivity contribution >= 4 is 12.0 Å². The smallest absolute Gasteiger partial charge is 0.336 e. The molecule has 21 heavy (non-hydrogen) atoms. The van der Waals surface area contributed by atoms with Crippen LogP contribution in [-0.4, -0.2) is 12.6 Å². The Balaban J connectivity index is 1.95. The van der Waals surface area contributed by atoms with Crippen LogP contribution in [0.5, 0.6) is 11.5 Å². The lowest BCUT2D eigenvalue weighted by molar-refractivity contribution is -0.128. The molecule has 0 aliphatic rings. The number of carbonyl (C=O) groups excluding carboxylic acids is 1. The molecule has 0 saturated carbocycles. The molecule has 0 bridgehead atoms. The molecule has 0 aliphatic heterocycles. The van der Waals surface area contributed by atoms with Gasteiger partial charge in [0.15, 0.2) is 0 Å². The van der Waals surface area contributed by atoms with E-state index in [-0.39, 0.29) is 0 Å². The second kappa shape index (κ2) is 7.29. The Morgan fingerprint density at radius 3 is 2.52 bits per heavy atom. The summed E-state index contributed by atoms with van der Waals surface area (Å²) in [7, 11) is 0. The summed E-state index contributed by atoms with van der Waals surface area (Å²) < 4.78 is 10.6.